The van der Waals surface area contributed by atoms with Gasteiger partial charge in [-0.05, 0) is 36.2 Å². The molecule has 1 unspecified atom stereocenters. The average Bonchev–Trinajstić information content (AvgIpc) is 3.35. The Kier molecular flexibility index (Phi) is 8.20. The number of hydrogen-bond acceptors (Lipinski definition) is 4. The van der Waals surface area contributed by atoms with Crippen LogP contribution in [0.3, 0.4) is 0 Å². The fourth-order valence-corrected chi connectivity index (χ4v) is 3.19. The van der Waals surface area contributed by atoms with Crippen molar-refractivity contribution in [3.05, 3.63) is 89.9 Å². The topological polar surface area (TPSA) is 100 Å². The number of carbonyl (C=O) groups excluding carboxylic acids is 3. The monoisotopic (exact) mass is 433 g/mol. The maximum atomic E-state index is 13.1. The Hall–Kier alpha value is -3.87. The first-order valence-corrected chi connectivity index (χ1v) is 10.6. The van der Waals surface area contributed by atoms with E-state index in [1.54, 1.807) is 30.3 Å². The number of nitrogens with one attached hydrogen (secondary N) is 3. The number of unbranched alkanes of at least 4 members (excludes halogenated alkanes) is 1. The SMILES string of the molecule is CCCCNC(=O)C(Cc1ccccc1)NC(=O)c1ccccc1NC(=O)c1ccco1. The molecule has 0 radical (unpaired) electrons. The Bertz CT molecular complexity index is 1030. The summed E-state index contributed by atoms with van der Waals surface area (Å²) in [6.07, 6.45) is 3.57. The van der Waals surface area contributed by atoms with Crippen molar-refractivity contribution in [1.82, 2.24) is 10.6 Å². The molecule has 0 aliphatic heterocycles. The quantitative estimate of drug-likeness (QED) is 0.424. The van der Waals surface area contributed by atoms with Crippen molar-refractivity contribution in [3.8, 4) is 0 Å². The lowest BCUT2D eigenvalue weighted by molar-refractivity contribution is -0.122. The van der Waals surface area contributed by atoms with Crippen molar-refractivity contribution in [2.24, 2.45) is 0 Å². The zero-order valence-corrected chi connectivity index (χ0v) is 18.0. The minimum absolute atomic E-state index is 0.137. The molecule has 0 bridgehead atoms. The van der Waals surface area contributed by atoms with Crippen molar-refractivity contribution < 1.29 is 18.8 Å². The van der Waals surface area contributed by atoms with E-state index in [0.717, 1.165) is 18.4 Å². The number of amides is 3. The summed E-state index contributed by atoms with van der Waals surface area (Å²) in [5.74, 6) is -1.02. The number of benzene rings is 2. The van der Waals surface area contributed by atoms with Crippen LogP contribution in [0.2, 0.25) is 0 Å². The molecule has 2 aromatic carbocycles. The first-order chi connectivity index (χ1) is 15.6. The van der Waals surface area contributed by atoms with E-state index in [-0.39, 0.29) is 17.2 Å². The van der Waals surface area contributed by atoms with Gasteiger partial charge in [0.05, 0.1) is 17.5 Å². The van der Waals surface area contributed by atoms with Gasteiger partial charge in [-0.1, -0.05) is 55.8 Å². The summed E-state index contributed by atoms with van der Waals surface area (Å²) in [4.78, 5) is 38.3. The third kappa shape index (κ3) is 6.31. The smallest absolute Gasteiger partial charge is 0.291 e. The molecule has 3 aromatic rings. The molecule has 0 saturated heterocycles. The molecule has 166 valence electrons. The molecule has 0 fully saturated rings. The third-order valence-electron chi connectivity index (χ3n) is 4.90. The highest BCUT2D eigenvalue weighted by molar-refractivity contribution is 6.08. The molecule has 1 atom stereocenters. The van der Waals surface area contributed by atoms with E-state index < -0.39 is 17.9 Å². The van der Waals surface area contributed by atoms with Crippen molar-refractivity contribution in [2.45, 2.75) is 32.2 Å². The predicted octanol–water partition coefficient (Wildman–Crippen LogP) is 3.79. The lowest BCUT2D eigenvalue weighted by Gasteiger charge is -2.20. The zero-order valence-electron chi connectivity index (χ0n) is 18.0. The number of para-hydroxylation sites is 1. The second kappa shape index (κ2) is 11.5. The van der Waals surface area contributed by atoms with Crippen LogP contribution in [-0.2, 0) is 11.2 Å². The highest BCUT2D eigenvalue weighted by Crippen LogP contribution is 2.17. The molecular weight excluding hydrogens is 406 g/mol. The van der Waals surface area contributed by atoms with E-state index in [4.69, 9.17) is 4.42 Å². The lowest BCUT2D eigenvalue weighted by Crippen LogP contribution is -2.48. The summed E-state index contributed by atoms with van der Waals surface area (Å²) < 4.78 is 5.11. The van der Waals surface area contributed by atoms with Crippen LogP contribution in [0.4, 0.5) is 5.69 Å². The Labute approximate surface area is 187 Å². The number of anilines is 1. The standard InChI is InChI=1S/C25H27N3O4/c1-2-3-15-26-24(30)21(17-18-10-5-4-6-11-18)28-23(29)19-12-7-8-13-20(19)27-25(31)22-14-9-16-32-22/h4-14,16,21H,2-3,15,17H2,1H3,(H,26,30)(H,27,31)(H,28,29). The molecule has 3 amide bonds. The van der Waals surface area contributed by atoms with Gasteiger partial charge >= 0.3 is 0 Å². The van der Waals surface area contributed by atoms with Gasteiger partial charge in [0.15, 0.2) is 5.76 Å². The summed E-state index contributed by atoms with van der Waals surface area (Å²) in [5.41, 5.74) is 1.52. The van der Waals surface area contributed by atoms with E-state index in [0.29, 0.717) is 18.7 Å². The van der Waals surface area contributed by atoms with E-state index >= 15 is 0 Å². The molecule has 32 heavy (non-hydrogen) atoms. The van der Waals surface area contributed by atoms with Crippen LogP contribution in [0.25, 0.3) is 0 Å². The van der Waals surface area contributed by atoms with Gasteiger partial charge in [-0.15, -0.1) is 0 Å². The Morgan fingerprint density at radius 1 is 0.906 bits per heavy atom. The van der Waals surface area contributed by atoms with E-state index in [1.165, 1.54) is 12.3 Å². The summed E-state index contributed by atoms with van der Waals surface area (Å²) in [6, 6.07) is 18.5. The number of rotatable bonds is 10. The molecule has 0 aliphatic carbocycles. The molecule has 1 aromatic heterocycles. The first kappa shape index (κ1) is 22.8. The maximum absolute atomic E-state index is 13.1. The van der Waals surface area contributed by atoms with E-state index in [1.807, 2.05) is 37.3 Å². The van der Waals surface area contributed by atoms with Crippen LogP contribution in [0, 0.1) is 0 Å². The van der Waals surface area contributed by atoms with Gasteiger partial charge in [0.2, 0.25) is 5.91 Å². The minimum Gasteiger partial charge on any atom is -0.459 e. The molecule has 0 saturated carbocycles. The molecule has 3 rings (SSSR count). The zero-order chi connectivity index (χ0) is 22.8. The molecule has 1 heterocycles. The molecule has 3 N–H and O–H groups in total. The van der Waals surface area contributed by atoms with Crippen molar-refractivity contribution in [2.75, 3.05) is 11.9 Å². The van der Waals surface area contributed by atoms with Gasteiger partial charge < -0.3 is 20.4 Å². The van der Waals surface area contributed by atoms with Gasteiger partial charge in [0.25, 0.3) is 11.8 Å². The number of carbonyl (C=O) groups is 3. The summed E-state index contributed by atoms with van der Waals surface area (Å²) in [5, 5.41) is 8.42. The van der Waals surface area contributed by atoms with Crippen LogP contribution in [0.1, 0.15) is 46.2 Å². The van der Waals surface area contributed by atoms with E-state index in [9.17, 15) is 14.4 Å². The molecule has 7 nitrogen and oxygen atoms in total. The van der Waals surface area contributed by atoms with Gasteiger partial charge in [0, 0.05) is 13.0 Å². The molecular formula is C25H27N3O4. The van der Waals surface area contributed by atoms with Crippen LogP contribution in [0.5, 0.6) is 0 Å². The number of furan rings is 1. The molecule has 7 heteroatoms. The predicted molar refractivity (Wildman–Crippen MR) is 122 cm³/mol. The van der Waals surface area contributed by atoms with Crippen LogP contribution >= 0.6 is 0 Å². The largest absolute Gasteiger partial charge is 0.459 e. The van der Waals surface area contributed by atoms with Crippen LogP contribution in [-0.4, -0.2) is 30.3 Å². The maximum Gasteiger partial charge on any atom is 0.291 e. The fourth-order valence-electron chi connectivity index (χ4n) is 3.19. The van der Waals surface area contributed by atoms with E-state index in [2.05, 4.69) is 16.0 Å². The summed E-state index contributed by atoms with van der Waals surface area (Å²) in [6.45, 7) is 2.59. The Morgan fingerprint density at radius 2 is 1.66 bits per heavy atom. The molecule has 0 spiro atoms. The lowest BCUT2D eigenvalue weighted by atomic mass is 10.0. The minimum atomic E-state index is -0.754. The molecule has 0 aliphatic rings. The second-order valence-corrected chi connectivity index (χ2v) is 7.34. The third-order valence-corrected chi connectivity index (χ3v) is 4.90. The van der Waals surface area contributed by atoms with Gasteiger partial charge in [-0.2, -0.15) is 0 Å². The van der Waals surface area contributed by atoms with Gasteiger partial charge in [-0.3, -0.25) is 14.4 Å². The summed E-state index contributed by atoms with van der Waals surface area (Å²) >= 11 is 0. The normalized spacial score (nSPS) is 11.4. The van der Waals surface area contributed by atoms with Crippen molar-refractivity contribution in [1.29, 1.82) is 0 Å². The van der Waals surface area contributed by atoms with Crippen LogP contribution < -0.4 is 16.0 Å². The average molecular weight is 434 g/mol. The summed E-state index contributed by atoms with van der Waals surface area (Å²) in [7, 11) is 0. The first-order valence-electron chi connectivity index (χ1n) is 10.6. The van der Waals surface area contributed by atoms with Crippen LogP contribution in [0.15, 0.2) is 77.4 Å². The Morgan fingerprint density at radius 3 is 2.38 bits per heavy atom. The Balaban J connectivity index is 1.76. The van der Waals surface area contributed by atoms with Crippen molar-refractivity contribution >= 4 is 23.4 Å². The number of hydrogen-bond donors (Lipinski definition) is 3. The van der Waals surface area contributed by atoms with Gasteiger partial charge in [-0.25, -0.2) is 0 Å². The van der Waals surface area contributed by atoms with Gasteiger partial charge in [0.1, 0.15) is 6.04 Å². The fraction of sp³-hybridized carbons (Fsp3) is 0.240. The highest BCUT2D eigenvalue weighted by atomic mass is 16.3. The second-order valence-electron chi connectivity index (χ2n) is 7.34. The van der Waals surface area contributed by atoms with Crippen molar-refractivity contribution in [3.63, 3.8) is 0 Å². The highest BCUT2D eigenvalue weighted by Gasteiger charge is 2.23.